The van der Waals surface area contributed by atoms with E-state index in [0.717, 1.165) is 0 Å². The van der Waals surface area contributed by atoms with E-state index in [1.807, 2.05) is 6.92 Å². The van der Waals surface area contributed by atoms with Gasteiger partial charge in [0.1, 0.15) is 16.7 Å². The Morgan fingerprint density at radius 2 is 2.05 bits per heavy atom. The number of benzene rings is 1. The van der Waals surface area contributed by atoms with E-state index in [2.05, 4.69) is 4.98 Å². The van der Waals surface area contributed by atoms with Crippen LogP contribution in [0, 0.1) is 5.82 Å². The third kappa shape index (κ3) is 3.93. The number of aromatic nitrogens is 1. The van der Waals surface area contributed by atoms with E-state index in [1.165, 1.54) is 29.2 Å². The van der Waals surface area contributed by atoms with Crippen molar-refractivity contribution in [1.82, 2.24) is 9.88 Å². The van der Waals surface area contributed by atoms with Gasteiger partial charge in [0, 0.05) is 13.1 Å². The van der Waals surface area contributed by atoms with Gasteiger partial charge in [-0.3, -0.25) is 4.79 Å². The highest BCUT2D eigenvalue weighted by Gasteiger charge is 2.19. The minimum Gasteiger partial charge on any atom is -0.333 e. The summed E-state index contributed by atoms with van der Waals surface area (Å²) in [5.41, 5.74) is 0.797. The van der Waals surface area contributed by atoms with Crippen molar-refractivity contribution in [2.75, 3.05) is 6.54 Å². The summed E-state index contributed by atoms with van der Waals surface area (Å²) in [6.07, 6.45) is 0. The highest BCUT2D eigenvalue weighted by atomic mass is 35.5. The van der Waals surface area contributed by atoms with Gasteiger partial charge in [0.05, 0.1) is 5.02 Å². The molecule has 0 bridgehead atoms. The minimum atomic E-state index is -0.339. The predicted molar refractivity (Wildman–Crippen MR) is 81.1 cm³/mol. The second kappa shape index (κ2) is 6.87. The van der Waals surface area contributed by atoms with Crippen molar-refractivity contribution in [3.05, 3.63) is 63.6 Å². The van der Waals surface area contributed by atoms with Gasteiger partial charge in [-0.05, 0) is 36.8 Å². The van der Waals surface area contributed by atoms with Crippen LogP contribution in [0.4, 0.5) is 4.39 Å². The number of amides is 1. The molecule has 0 aliphatic carbocycles. The zero-order chi connectivity index (χ0) is 15.4. The Labute approximate surface area is 132 Å². The second-order valence-corrected chi connectivity index (χ2v) is 5.21. The number of carbonyl (C=O) groups is 1. The number of halogens is 3. The molecule has 1 aromatic heterocycles. The Morgan fingerprint density at radius 3 is 2.71 bits per heavy atom. The number of carbonyl (C=O) groups excluding carboxylic acids is 1. The number of hydrogen-bond acceptors (Lipinski definition) is 2. The summed E-state index contributed by atoms with van der Waals surface area (Å²) < 4.78 is 13.2. The second-order valence-electron chi connectivity index (χ2n) is 4.41. The number of rotatable bonds is 4. The van der Waals surface area contributed by atoms with E-state index < -0.39 is 0 Å². The van der Waals surface area contributed by atoms with Gasteiger partial charge in [-0.2, -0.15) is 0 Å². The molecule has 1 heterocycles. The maximum absolute atomic E-state index is 13.2. The van der Waals surface area contributed by atoms with Crippen LogP contribution in [-0.4, -0.2) is 22.3 Å². The molecule has 0 unspecified atom stereocenters. The smallest absolute Gasteiger partial charge is 0.274 e. The minimum absolute atomic E-state index is 0.0995. The number of hydrogen-bond donors (Lipinski definition) is 0. The Kier molecular flexibility index (Phi) is 5.15. The first-order valence-corrected chi connectivity index (χ1v) is 7.12. The van der Waals surface area contributed by atoms with Crippen LogP contribution < -0.4 is 0 Å². The SMILES string of the molecule is CCN(Cc1cccc(F)c1)C(=O)c1nc(Cl)ccc1Cl. The van der Waals surface area contributed by atoms with Crippen molar-refractivity contribution in [2.45, 2.75) is 13.5 Å². The van der Waals surface area contributed by atoms with Gasteiger partial charge < -0.3 is 4.90 Å². The first-order valence-electron chi connectivity index (χ1n) is 6.37. The van der Waals surface area contributed by atoms with Crippen LogP contribution in [0.2, 0.25) is 10.2 Å². The average Bonchev–Trinajstić information content (AvgIpc) is 2.46. The predicted octanol–water partition coefficient (Wildman–Crippen LogP) is 4.19. The molecule has 0 saturated heterocycles. The van der Waals surface area contributed by atoms with E-state index in [-0.39, 0.29) is 34.1 Å². The van der Waals surface area contributed by atoms with Crippen LogP contribution >= 0.6 is 23.2 Å². The van der Waals surface area contributed by atoms with E-state index in [9.17, 15) is 9.18 Å². The zero-order valence-electron chi connectivity index (χ0n) is 11.3. The molecule has 0 aliphatic rings. The summed E-state index contributed by atoms with van der Waals surface area (Å²) in [5, 5.41) is 0.437. The molecule has 1 amide bonds. The lowest BCUT2D eigenvalue weighted by Crippen LogP contribution is -2.31. The van der Waals surface area contributed by atoms with Crippen molar-refractivity contribution in [3.63, 3.8) is 0 Å². The van der Waals surface area contributed by atoms with Gasteiger partial charge in [0.15, 0.2) is 0 Å². The van der Waals surface area contributed by atoms with Crippen LogP contribution in [0.3, 0.4) is 0 Å². The number of nitrogens with zero attached hydrogens (tertiary/aromatic N) is 2. The quantitative estimate of drug-likeness (QED) is 0.789. The van der Waals surface area contributed by atoms with E-state index in [1.54, 1.807) is 12.1 Å². The summed E-state index contributed by atoms with van der Waals surface area (Å²) in [5.74, 6) is -0.677. The molecule has 110 valence electrons. The van der Waals surface area contributed by atoms with E-state index in [0.29, 0.717) is 12.1 Å². The standard InChI is InChI=1S/C15H13Cl2FN2O/c1-2-20(9-10-4-3-5-11(18)8-10)15(21)14-12(16)6-7-13(17)19-14/h3-8H,2,9H2,1H3. The van der Waals surface area contributed by atoms with Gasteiger partial charge in [-0.25, -0.2) is 9.37 Å². The molecule has 0 fully saturated rings. The highest BCUT2D eigenvalue weighted by Crippen LogP contribution is 2.19. The van der Waals surface area contributed by atoms with Gasteiger partial charge in [-0.15, -0.1) is 0 Å². The first-order chi connectivity index (χ1) is 10.0. The van der Waals surface area contributed by atoms with Crippen LogP contribution in [0.5, 0.6) is 0 Å². The highest BCUT2D eigenvalue weighted by molar-refractivity contribution is 6.34. The van der Waals surface area contributed by atoms with Crippen molar-refractivity contribution in [2.24, 2.45) is 0 Å². The molecule has 0 atom stereocenters. The number of pyridine rings is 1. The van der Waals surface area contributed by atoms with Gasteiger partial charge >= 0.3 is 0 Å². The lowest BCUT2D eigenvalue weighted by molar-refractivity contribution is 0.0746. The van der Waals surface area contributed by atoms with Gasteiger partial charge in [0.2, 0.25) is 0 Å². The molecule has 2 rings (SSSR count). The lowest BCUT2D eigenvalue weighted by atomic mass is 10.2. The zero-order valence-corrected chi connectivity index (χ0v) is 12.8. The molecular formula is C15H13Cl2FN2O. The molecule has 2 aromatic rings. The summed E-state index contributed by atoms with van der Waals surface area (Å²) in [7, 11) is 0. The Bertz CT molecular complexity index is 664. The van der Waals surface area contributed by atoms with Gasteiger partial charge in [-0.1, -0.05) is 35.3 Å². The molecule has 0 radical (unpaired) electrons. The third-order valence-electron chi connectivity index (χ3n) is 2.95. The molecule has 0 aliphatic heterocycles. The summed E-state index contributed by atoms with van der Waals surface area (Å²) in [4.78, 5) is 18.0. The molecular weight excluding hydrogens is 314 g/mol. The molecule has 0 N–H and O–H groups in total. The molecule has 6 heteroatoms. The largest absolute Gasteiger partial charge is 0.333 e. The van der Waals surface area contributed by atoms with Crippen LogP contribution in [0.1, 0.15) is 23.0 Å². The fourth-order valence-corrected chi connectivity index (χ4v) is 2.23. The molecule has 3 nitrogen and oxygen atoms in total. The Balaban J connectivity index is 2.24. The maximum Gasteiger partial charge on any atom is 0.274 e. The van der Waals surface area contributed by atoms with Crippen molar-refractivity contribution in [1.29, 1.82) is 0 Å². The fourth-order valence-electron chi connectivity index (χ4n) is 1.90. The van der Waals surface area contributed by atoms with Crippen LogP contribution in [0.25, 0.3) is 0 Å². The monoisotopic (exact) mass is 326 g/mol. The molecule has 1 aromatic carbocycles. The normalized spacial score (nSPS) is 10.5. The fraction of sp³-hybridized carbons (Fsp3) is 0.200. The van der Waals surface area contributed by atoms with E-state index in [4.69, 9.17) is 23.2 Å². The summed E-state index contributed by atoms with van der Waals surface area (Å²) in [6, 6.07) is 9.16. The van der Waals surface area contributed by atoms with Crippen molar-refractivity contribution >= 4 is 29.1 Å². The summed E-state index contributed by atoms with van der Waals surface area (Å²) in [6.45, 7) is 2.55. The van der Waals surface area contributed by atoms with Crippen LogP contribution in [-0.2, 0) is 6.54 Å². The van der Waals surface area contributed by atoms with Gasteiger partial charge in [0.25, 0.3) is 5.91 Å². The van der Waals surface area contributed by atoms with Crippen molar-refractivity contribution in [3.8, 4) is 0 Å². The topological polar surface area (TPSA) is 33.2 Å². The molecule has 0 saturated carbocycles. The van der Waals surface area contributed by atoms with Crippen molar-refractivity contribution < 1.29 is 9.18 Å². The third-order valence-corrected chi connectivity index (χ3v) is 3.46. The van der Waals surface area contributed by atoms with E-state index >= 15 is 0 Å². The Morgan fingerprint density at radius 1 is 1.29 bits per heavy atom. The first kappa shape index (κ1) is 15.7. The molecule has 0 spiro atoms. The molecule has 21 heavy (non-hydrogen) atoms. The summed E-state index contributed by atoms with van der Waals surface area (Å²) >= 11 is 11.8. The maximum atomic E-state index is 13.2. The average molecular weight is 327 g/mol. The lowest BCUT2D eigenvalue weighted by Gasteiger charge is -2.21. The Hall–Kier alpha value is -1.65. The van der Waals surface area contributed by atoms with Crippen LogP contribution in [0.15, 0.2) is 36.4 Å².